The zero-order chi connectivity index (χ0) is 15.1. The average molecular weight is 287 g/mol. The summed E-state index contributed by atoms with van der Waals surface area (Å²) in [5, 5.41) is 3.20. The normalized spacial score (nSPS) is 10.2. The van der Waals surface area contributed by atoms with Gasteiger partial charge in [-0.3, -0.25) is 0 Å². The molecule has 2 aromatic rings. The molecule has 0 aliphatic carbocycles. The number of rotatable bonds is 7. The van der Waals surface area contributed by atoms with Gasteiger partial charge in [0, 0.05) is 6.54 Å². The molecule has 1 aromatic carbocycles. The maximum absolute atomic E-state index is 5.80. The molecule has 0 saturated carbocycles. The van der Waals surface area contributed by atoms with Gasteiger partial charge in [0.2, 0.25) is 5.75 Å². The van der Waals surface area contributed by atoms with Gasteiger partial charge in [-0.2, -0.15) is 4.98 Å². The van der Waals surface area contributed by atoms with E-state index in [1.165, 1.54) is 11.9 Å². The van der Waals surface area contributed by atoms with Gasteiger partial charge in [0.1, 0.15) is 12.1 Å². The highest BCUT2D eigenvalue weighted by molar-refractivity contribution is 5.55. The summed E-state index contributed by atoms with van der Waals surface area (Å²) in [6.45, 7) is 5.03. The van der Waals surface area contributed by atoms with Gasteiger partial charge in [-0.15, -0.1) is 0 Å². The Hall–Kier alpha value is -2.30. The minimum absolute atomic E-state index is 0.412. The van der Waals surface area contributed by atoms with E-state index in [0.717, 1.165) is 25.1 Å². The fraction of sp³-hybridized carbons (Fsp3) is 0.375. The topological polar surface area (TPSA) is 56.3 Å². The van der Waals surface area contributed by atoms with Crippen molar-refractivity contribution in [2.75, 3.05) is 19.0 Å². The molecule has 112 valence electrons. The number of hydrogen-bond acceptors (Lipinski definition) is 5. The summed E-state index contributed by atoms with van der Waals surface area (Å²) >= 11 is 0. The van der Waals surface area contributed by atoms with Crippen LogP contribution < -0.4 is 14.8 Å². The predicted molar refractivity (Wildman–Crippen MR) is 83.3 cm³/mol. The standard InChI is InChI=1S/C16H21N3O2/c1-4-10-17-15-14(20-3)16(19-11-18-15)21-13-8-6-12(5-2)7-9-13/h6-9,11H,4-5,10H2,1-3H3,(H,17,18,19). The largest absolute Gasteiger partial charge is 0.489 e. The molecule has 0 fully saturated rings. The van der Waals surface area contributed by atoms with Crippen molar-refractivity contribution in [2.24, 2.45) is 0 Å². The van der Waals surface area contributed by atoms with Crippen LogP contribution in [0.2, 0.25) is 0 Å². The van der Waals surface area contributed by atoms with Crippen molar-refractivity contribution < 1.29 is 9.47 Å². The summed E-state index contributed by atoms with van der Waals surface area (Å²) in [6.07, 6.45) is 3.47. The third-order valence-electron chi connectivity index (χ3n) is 3.06. The molecule has 0 aliphatic heterocycles. The van der Waals surface area contributed by atoms with Crippen molar-refractivity contribution in [1.82, 2.24) is 9.97 Å². The number of methoxy groups -OCH3 is 1. The van der Waals surface area contributed by atoms with Crippen molar-refractivity contribution in [1.29, 1.82) is 0 Å². The molecule has 0 saturated heterocycles. The van der Waals surface area contributed by atoms with Crippen LogP contribution in [0.25, 0.3) is 0 Å². The van der Waals surface area contributed by atoms with Crippen LogP contribution >= 0.6 is 0 Å². The van der Waals surface area contributed by atoms with E-state index >= 15 is 0 Å². The first-order valence-corrected chi connectivity index (χ1v) is 7.18. The van der Waals surface area contributed by atoms with E-state index in [-0.39, 0.29) is 0 Å². The molecule has 2 rings (SSSR count). The lowest BCUT2D eigenvalue weighted by Crippen LogP contribution is -2.05. The Labute approximate surface area is 125 Å². The van der Waals surface area contributed by atoms with Crippen molar-refractivity contribution in [2.45, 2.75) is 26.7 Å². The quantitative estimate of drug-likeness (QED) is 0.842. The number of benzene rings is 1. The number of nitrogens with one attached hydrogen (secondary N) is 1. The highest BCUT2D eigenvalue weighted by Crippen LogP contribution is 2.34. The third-order valence-corrected chi connectivity index (χ3v) is 3.06. The molecular formula is C16H21N3O2. The Morgan fingerprint density at radius 1 is 1.10 bits per heavy atom. The number of ether oxygens (including phenoxy) is 2. The maximum atomic E-state index is 5.80. The Balaban J connectivity index is 2.21. The zero-order valence-corrected chi connectivity index (χ0v) is 12.7. The first-order valence-electron chi connectivity index (χ1n) is 7.18. The summed E-state index contributed by atoms with van der Waals surface area (Å²) in [5.74, 6) is 2.31. The lowest BCUT2D eigenvalue weighted by molar-refractivity contribution is 0.369. The highest BCUT2D eigenvalue weighted by Gasteiger charge is 2.13. The van der Waals surface area contributed by atoms with Crippen molar-refractivity contribution >= 4 is 5.82 Å². The second-order valence-electron chi connectivity index (χ2n) is 4.59. The summed E-state index contributed by atoms with van der Waals surface area (Å²) in [4.78, 5) is 8.35. The second kappa shape index (κ2) is 7.47. The van der Waals surface area contributed by atoms with Crippen molar-refractivity contribution in [3.8, 4) is 17.4 Å². The van der Waals surface area contributed by atoms with Gasteiger partial charge < -0.3 is 14.8 Å². The van der Waals surface area contributed by atoms with E-state index in [1.807, 2.05) is 24.3 Å². The van der Waals surface area contributed by atoms with Gasteiger partial charge in [-0.05, 0) is 30.5 Å². The van der Waals surface area contributed by atoms with Crippen molar-refractivity contribution in [3.05, 3.63) is 36.2 Å². The molecule has 0 unspecified atom stereocenters. The van der Waals surface area contributed by atoms with Crippen LogP contribution in [0.5, 0.6) is 17.4 Å². The van der Waals surface area contributed by atoms with Gasteiger partial charge in [0.15, 0.2) is 5.82 Å². The molecule has 5 heteroatoms. The summed E-state index contributed by atoms with van der Waals surface area (Å²) in [5.41, 5.74) is 1.27. The van der Waals surface area contributed by atoms with Crippen LogP contribution in [-0.2, 0) is 6.42 Å². The summed E-state index contributed by atoms with van der Waals surface area (Å²) < 4.78 is 11.2. The molecule has 0 radical (unpaired) electrons. The van der Waals surface area contributed by atoms with Crippen LogP contribution in [0.15, 0.2) is 30.6 Å². The average Bonchev–Trinajstić information content (AvgIpc) is 2.53. The summed E-state index contributed by atoms with van der Waals surface area (Å²) in [6, 6.07) is 7.94. The Morgan fingerprint density at radius 3 is 2.48 bits per heavy atom. The molecule has 0 aliphatic rings. The fourth-order valence-corrected chi connectivity index (χ4v) is 1.89. The minimum atomic E-state index is 0.412. The van der Waals surface area contributed by atoms with Gasteiger partial charge in [-0.25, -0.2) is 4.98 Å². The predicted octanol–water partition coefficient (Wildman–Crippen LogP) is 3.66. The molecule has 1 N–H and O–H groups in total. The SMILES string of the molecule is CCCNc1ncnc(Oc2ccc(CC)cc2)c1OC. The monoisotopic (exact) mass is 287 g/mol. The van der Waals surface area contributed by atoms with Gasteiger partial charge in [0.05, 0.1) is 7.11 Å². The number of anilines is 1. The van der Waals surface area contributed by atoms with E-state index in [9.17, 15) is 0 Å². The van der Waals surface area contributed by atoms with Gasteiger partial charge in [0.25, 0.3) is 5.88 Å². The number of aromatic nitrogens is 2. The molecule has 0 bridgehead atoms. The smallest absolute Gasteiger partial charge is 0.268 e. The molecule has 0 amide bonds. The lowest BCUT2D eigenvalue weighted by Gasteiger charge is -2.13. The summed E-state index contributed by atoms with van der Waals surface area (Å²) in [7, 11) is 1.59. The maximum Gasteiger partial charge on any atom is 0.268 e. The van der Waals surface area contributed by atoms with E-state index in [1.54, 1.807) is 7.11 Å². The molecule has 0 spiro atoms. The number of nitrogens with zero attached hydrogens (tertiary/aromatic N) is 2. The Kier molecular flexibility index (Phi) is 5.37. The molecular weight excluding hydrogens is 266 g/mol. The van der Waals surface area contributed by atoms with E-state index < -0.39 is 0 Å². The van der Waals surface area contributed by atoms with Crippen LogP contribution in [0, 0.1) is 0 Å². The van der Waals surface area contributed by atoms with Crippen LogP contribution in [-0.4, -0.2) is 23.6 Å². The molecule has 1 aromatic heterocycles. The van der Waals surface area contributed by atoms with Crippen molar-refractivity contribution in [3.63, 3.8) is 0 Å². The van der Waals surface area contributed by atoms with E-state index in [2.05, 4.69) is 29.1 Å². The third kappa shape index (κ3) is 3.84. The van der Waals surface area contributed by atoms with Gasteiger partial charge in [-0.1, -0.05) is 26.0 Å². The number of hydrogen-bond donors (Lipinski definition) is 1. The molecule has 1 heterocycles. The molecule has 5 nitrogen and oxygen atoms in total. The Bertz CT molecular complexity index is 570. The molecule has 21 heavy (non-hydrogen) atoms. The number of aryl methyl sites for hydroxylation is 1. The van der Waals surface area contributed by atoms with Crippen LogP contribution in [0.4, 0.5) is 5.82 Å². The van der Waals surface area contributed by atoms with Crippen LogP contribution in [0.3, 0.4) is 0 Å². The Morgan fingerprint density at radius 2 is 1.86 bits per heavy atom. The first kappa shape index (κ1) is 15.1. The first-order chi connectivity index (χ1) is 10.3. The fourth-order valence-electron chi connectivity index (χ4n) is 1.89. The second-order valence-corrected chi connectivity index (χ2v) is 4.59. The van der Waals surface area contributed by atoms with Gasteiger partial charge >= 0.3 is 0 Å². The van der Waals surface area contributed by atoms with E-state index in [0.29, 0.717) is 17.4 Å². The molecule has 0 atom stereocenters. The minimum Gasteiger partial charge on any atom is -0.489 e. The zero-order valence-electron chi connectivity index (χ0n) is 12.7. The lowest BCUT2D eigenvalue weighted by atomic mass is 10.2. The van der Waals surface area contributed by atoms with Crippen LogP contribution in [0.1, 0.15) is 25.8 Å². The van der Waals surface area contributed by atoms with E-state index in [4.69, 9.17) is 9.47 Å². The highest BCUT2D eigenvalue weighted by atomic mass is 16.5.